The van der Waals surface area contributed by atoms with Crippen molar-refractivity contribution in [1.29, 1.82) is 0 Å². The molecule has 0 aliphatic carbocycles. The number of fused-ring (bicyclic) bond motifs is 18. The average Bonchev–Trinajstić information content (AvgIpc) is 1.58. The zero-order chi connectivity index (χ0) is 92.7. The second-order valence-corrected chi connectivity index (χ2v) is 36.4. The van der Waals surface area contributed by atoms with Gasteiger partial charge in [-0.25, -0.2) is 9.97 Å². The number of para-hydroxylation sites is 9. The predicted octanol–water partition coefficient (Wildman–Crippen LogP) is 35.9. The molecule has 28 rings (SSSR count). The van der Waals surface area contributed by atoms with Gasteiger partial charge in [-0.05, 0) is 276 Å². The number of hydrogen-bond donors (Lipinski definition) is 0. The highest BCUT2D eigenvalue weighted by Gasteiger charge is 2.27. The standard InChI is InChI=1S/C130H82N8O3/c1-4-28-92(29-5-1)136-118-43-16-10-37-104(118)113-79-101(64-70-121(113)136)133(95-58-49-83(50-59-95)86-55-67-110-107-40-13-19-46-124(107)139-127(110)76-86)98-34-22-25-89(73-98)116-82-117(90-26-23-35-99(74-90)134(96-60-51-84(52-61-96)87-56-68-111-108-41-14-20-47-125(108)140-128(111)77-87)102-65-71-122-114(80-102)105-38-11-17-44-119(105)137(122)93-30-6-2-7-31-93)132-130(131-116)91-27-24-36-100(75-91)135(97-62-53-85(54-63-97)88-57-69-112-109-42-15-21-48-126(109)141-129(112)78-88)103-66-72-123-115(81-103)106-39-12-18-45-120(106)138(123)94-32-8-3-9-33-94/h1-82H. The Hall–Kier alpha value is -19.1. The summed E-state index contributed by atoms with van der Waals surface area (Å²) < 4.78 is 26.6. The molecule has 0 saturated carbocycles. The van der Waals surface area contributed by atoms with Crippen molar-refractivity contribution in [3.8, 4) is 84.3 Å². The first-order valence-corrected chi connectivity index (χ1v) is 47.8. The van der Waals surface area contributed by atoms with E-state index in [1.807, 2.05) is 36.4 Å². The van der Waals surface area contributed by atoms with Crippen molar-refractivity contribution in [1.82, 2.24) is 23.7 Å². The van der Waals surface area contributed by atoms with E-state index < -0.39 is 0 Å². The van der Waals surface area contributed by atoms with Crippen molar-refractivity contribution >= 4 is 182 Å². The minimum absolute atomic E-state index is 0.542. The number of rotatable bonds is 18. The van der Waals surface area contributed by atoms with Gasteiger partial charge < -0.3 is 41.7 Å². The smallest absolute Gasteiger partial charge is 0.160 e. The van der Waals surface area contributed by atoms with Crippen LogP contribution in [-0.2, 0) is 0 Å². The third-order valence-electron chi connectivity index (χ3n) is 28.2. The SMILES string of the molecule is c1ccc(-n2c3ccccc3c3cc(N(c4ccc(-c5ccc6c(c5)oc5ccccc56)cc4)c4cccc(-c5cc(-c6cccc(N(c7ccc(-c8ccc9c(c8)oc8ccccc89)cc7)c7ccc8c(c7)c7ccccc7n8-c7ccccc7)c6)nc(-c6cccc(N(c7ccc(-c8ccc9c(c8)oc8ccccc89)cc7)c7ccc8c(c7)c7ccccc7n8-c7ccccc7)c6)n5)c4)ccc32)cc1. The second kappa shape index (κ2) is 32.9. The number of aromatic nitrogens is 5. The average molecular weight is 1800 g/mol. The maximum Gasteiger partial charge on any atom is 0.160 e. The molecule has 0 bridgehead atoms. The van der Waals surface area contributed by atoms with Crippen molar-refractivity contribution < 1.29 is 13.3 Å². The fourth-order valence-electron chi connectivity index (χ4n) is 21.6. The van der Waals surface area contributed by atoms with Gasteiger partial charge in [-0.15, -0.1) is 0 Å². The molecular formula is C130H82N8O3. The molecule has 0 saturated heterocycles. The van der Waals surface area contributed by atoms with E-state index in [0.29, 0.717) is 5.82 Å². The molecule has 0 spiro atoms. The van der Waals surface area contributed by atoms with Gasteiger partial charge >= 0.3 is 0 Å². The Morgan fingerprint density at radius 2 is 0.404 bits per heavy atom. The van der Waals surface area contributed by atoms with Crippen LogP contribution in [0.4, 0.5) is 51.2 Å². The molecule has 11 nitrogen and oxygen atoms in total. The number of furan rings is 3. The lowest BCUT2D eigenvalue weighted by molar-refractivity contribution is 0.668. The van der Waals surface area contributed by atoms with Crippen LogP contribution in [0.25, 0.3) is 216 Å². The lowest BCUT2D eigenvalue weighted by Gasteiger charge is -2.27. The van der Waals surface area contributed by atoms with E-state index in [4.69, 9.17) is 23.2 Å². The Morgan fingerprint density at radius 3 is 0.738 bits per heavy atom. The van der Waals surface area contributed by atoms with Crippen LogP contribution in [0.2, 0.25) is 0 Å². The molecule has 7 aromatic heterocycles. The van der Waals surface area contributed by atoms with E-state index in [-0.39, 0.29) is 0 Å². The van der Waals surface area contributed by atoms with Crippen LogP contribution in [0.3, 0.4) is 0 Å². The van der Waals surface area contributed by atoms with E-state index in [9.17, 15) is 0 Å². The summed E-state index contributed by atoms with van der Waals surface area (Å²) in [5.41, 5.74) is 34.2. The van der Waals surface area contributed by atoms with Crippen molar-refractivity contribution in [2.24, 2.45) is 0 Å². The summed E-state index contributed by atoms with van der Waals surface area (Å²) in [6, 6.07) is 179. The summed E-state index contributed by atoms with van der Waals surface area (Å²) in [4.78, 5) is 18.9. The Kier molecular flexibility index (Phi) is 18.7. The summed E-state index contributed by atoms with van der Waals surface area (Å²) in [5.74, 6) is 0.542. The van der Waals surface area contributed by atoms with Crippen LogP contribution < -0.4 is 14.7 Å². The number of hydrogen-bond acceptors (Lipinski definition) is 8. The van der Waals surface area contributed by atoms with E-state index in [2.05, 4.69) is 489 Å². The van der Waals surface area contributed by atoms with E-state index >= 15 is 0 Å². The van der Waals surface area contributed by atoms with Crippen LogP contribution in [0.15, 0.2) is 511 Å². The molecule has 11 heteroatoms. The van der Waals surface area contributed by atoms with Crippen LogP contribution in [0, 0.1) is 0 Å². The monoisotopic (exact) mass is 1800 g/mol. The third kappa shape index (κ3) is 13.7. The van der Waals surface area contributed by atoms with Crippen molar-refractivity contribution in [3.05, 3.63) is 497 Å². The quantitative estimate of drug-likeness (QED) is 0.0839. The van der Waals surface area contributed by atoms with Crippen LogP contribution >= 0.6 is 0 Å². The molecule has 0 radical (unpaired) electrons. The highest BCUT2D eigenvalue weighted by molar-refractivity contribution is 6.15. The number of benzene rings is 21. The predicted molar refractivity (Wildman–Crippen MR) is 584 cm³/mol. The fourth-order valence-corrected chi connectivity index (χ4v) is 21.6. The van der Waals surface area contributed by atoms with Gasteiger partial charge in [0.2, 0.25) is 0 Å². The van der Waals surface area contributed by atoms with E-state index in [1.165, 1.54) is 0 Å². The second-order valence-electron chi connectivity index (χ2n) is 36.4. The molecule has 21 aromatic carbocycles. The van der Waals surface area contributed by atoms with Gasteiger partial charge in [0, 0.05) is 150 Å². The molecule has 0 amide bonds. The molecule has 0 fully saturated rings. The van der Waals surface area contributed by atoms with Crippen LogP contribution in [0.5, 0.6) is 0 Å². The van der Waals surface area contributed by atoms with Gasteiger partial charge in [0.25, 0.3) is 0 Å². The summed E-state index contributed by atoms with van der Waals surface area (Å²) in [7, 11) is 0. The van der Waals surface area contributed by atoms with Crippen molar-refractivity contribution in [2.75, 3.05) is 14.7 Å². The first-order chi connectivity index (χ1) is 69.8. The Labute approximate surface area is 810 Å². The fraction of sp³-hybridized carbons (Fsp3) is 0. The summed E-state index contributed by atoms with van der Waals surface area (Å²) in [5, 5.41) is 13.4. The summed E-state index contributed by atoms with van der Waals surface area (Å²) in [6.07, 6.45) is 0. The lowest BCUT2D eigenvalue weighted by Crippen LogP contribution is -2.10. The summed E-state index contributed by atoms with van der Waals surface area (Å²) in [6.45, 7) is 0. The molecular weight excluding hydrogens is 1720 g/mol. The molecule has 0 atom stereocenters. The number of anilines is 9. The zero-order valence-corrected chi connectivity index (χ0v) is 76.1. The third-order valence-corrected chi connectivity index (χ3v) is 28.2. The van der Waals surface area contributed by atoms with Gasteiger partial charge in [0.15, 0.2) is 5.82 Å². The van der Waals surface area contributed by atoms with Crippen LogP contribution in [-0.4, -0.2) is 23.7 Å². The Balaban J connectivity index is 0.627. The minimum Gasteiger partial charge on any atom is -0.456 e. The minimum atomic E-state index is 0.542. The first kappa shape index (κ1) is 80.4. The normalized spacial score (nSPS) is 11.8. The molecule has 0 aliphatic heterocycles. The Bertz CT molecular complexity index is 8930. The lowest BCUT2D eigenvalue weighted by atomic mass is 10.0. The van der Waals surface area contributed by atoms with E-state index in [1.54, 1.807) is 0 Å². The van der Waals surface area contributed by atoms with Gasteiger partial charge in [-0.3, -0.25) is 0 Å². The zero-order valence-electron chi connectivity index (χ0n) is 76.1. The van der Waals surface area contributed by atoms with Gasteiger partial charge in [-0.1, -0.05) is 255 Å². The first-order valence-electron chi connectivity index (χ1n) is 47.8. The Morgan fingerprint density at radius 1 is 0.149 bits per heavy atom. The molecule has 660 valence electrons. The van der Waals surface area contributed by atoms with Gasteiger partial charge in [0.1, 0.15) is 33.5 Å². The topological polar surface area (TPSA) is 89.7 Å². The van der Waals surface area contributed by atoms with Gasteiger partial charge in [-0.2, -0.15) is 0 Å². The summed E-state index contributed by atoms with van der Waals surface area (Å²) >= 11 is 0. The molecule has 141 heavy (non-hydrogen) atoms. The van der Waals surface area contributed by atoms with Crippen molar-refractivity contribution in [3.63, 3.8) is 0 Å². The number of nitrogens with zero attached hydrogens (tertiary/aromatic N) is 8. The molecule has 0 N–H and O–H groups in total. The van der Waals surface area contributed by atoms with Crippen LogP contribution in [0.1, 0.15) is 0 Å². The molecule has 0 unspecified atom stereocenters. The van der Waals surface area contributed by atoms with E-state index in [0.717, 1.165) is 261 Å². The highest BCUT2D eigenvalue weighted by Crippen LogP contribution is 2.49. The largest absolute Gasteiger partial charge is 0.456 e. The highest BCUT2D eigenvalue weighted by atomic mass is 16.3. The molecule has 0 aliphatic rings. The maximum absolute atomic E-state index is 6.50. The molecule has 28 aromatic rings. The molecule has 7 heterocycles. The van der Waals surface area contributed by atoms with Crippen molar-refractivity contribution in [2.45, 2.75) is 0 Å². The van der Waals surface area contributed by atoms with Gasteiger partial charge in [0.05, 0.1) is 44.5 Å². The maximum atomic E-state index is 6.50.